The van der Waals surface area contributed by atoms with Crippen LogP contribution >= 0.6 is 0 Å². The Balaban J connectivity index is 2.50. The summed E-state index contributed by atoms with van der Waals surface area (Å²) in [5, 5.41) is 2.13. The van der Waals surface area contributed by atoms with Gasteiger partial charge in [-0.05, 0) is 6.07 Å². The van der Waals surface area contributed by atoms with E-state index in [0.29, 0.717) is 0 Å². The second kappa shape index (κ2) is 3.11. The molecule has 1 N–H and O–H groups in total. The molecule has 0 unspecified atom stereocenters. The zero-order chi connectivity index (χ0) is 11.1. The molecule has 1 amide bonds. The second-order valence-corrected chi connectivity index (χ2v) is 2.95. The first kappa shape index (κ1) is 9.75. The van der Waals surface area contributed by atoms with E-state index in [2.05, 4.69) is 10.3 Å². The molecule has 15 heavy (non-hydrogen) atoms. The first-order valence-electron chi connectivity index (χ1n) is 4.07. The fraction of sp³-hybridized carbons (Fsp3) is 0.250. The lowest BCUT2D eigenvalue weighted by Gasteiger charge is -2.31. The largest absolute Gasteiger partial charge is 0.486 e. The number of halogens is 3. The average molecular weight is 217 g/mol. The Morgan fingerprint density at radius 1 is 1.47 bits per heavy atom. The van der Waals surface area contributed by atoms with Gasteiger partial charge in [0.2, 0.25) is 0 Å². The molecule has 80 valence electrons. The Morgan fingerprint density at radius 2 is 2.20 bits per heavy atom. The summed E-state index contributed by atoms with van der Waals surface area (Å²) in [6.07, 6.45) is -2.22. The molecule has 0 aromatic carbocycles. The normalized spacial score (nSPS) is 15.9. The molecule has 2 heterocycles. The van der Waals surface area contributed by atoms with Crippen molar-refractivity contribution in [3.63, 3.8) is 0 Å². The van der Waals surface area contributed by atoms with Crippen LogP contribution in [0.15, 0.2) is 18.5 Å². The lowest BCUT2D eigenvalue weighted by Crippen LogP contribution is -2.50. The number of fused-ring (bicyclic) bond motifs is 1. The molecule has 0 fully saturated rings. The third kappa shape index (κ3) is 1.60. The number of pyridine rings is 1. The summed E-state index contributed by atoms with van der Waals surface area (Å²) < 4.78 is 37.5. The number of alkyl halides is 3. The van der Waals surface area contributed by atoms with Crippen LogP contribution in [0.2, 0.25) is 0 Å². The second-order valence-electron chi connectivity index (χ2n) is 2.95. The van der Waals surface area contributed by atoms with Crippen molar-refractivity contribution in [1.29, 1.82) is 0 Å². The van der Waals surface area contributed by atoms with E-state index in [1.807, 2.05) is 0 Å². The summed E-state index contributed by atoms with van der Waals surface area (Å²) in [4.78, 5) is 14.9. The van der Waals surface area contributed by atoms with Gasteiger partial charge in [0.05, 0.1) is 24.1 Å². The van der Waals surface area contributed by atoms with Gasteiger partial charge in [0.25, 0.3) is 5.91 Å². The van der Waals surface area contributed by atoms with Crippen LogP contribution in [0.25, 0.3) is 0 Å². The molecule has 0 radical (unpaired) electrons. The van der Waals surface area contributed by atoms with Crippen molar-refractivity contribution in [3.8, 4) is 0 Å². The number of carbonyl (C=O) groups is 1. The summed E-state index contributed by atoms with van der Waals surface area (Å²) in [7, 11) is 0. The van der Waals surface area contributed by atoms with Gasteiger partial charge < -0.3 is 5.32 Å². The molecule has 0 saturated heterocycles. The smallest absolute Gasteiger partial charge is 0.334 e. The highest BCUT2D eigenvalue weighted by molar-refractivity contribution is 6.01. The average Bonchev–Trinajstić information content (AvgIpc) is 2.17. The van der Waals surface area contributed by atoms with Crippen molar-refractivity contribution in [2.24, 2.45) is 0 Å². The maximum Gasteiger partial charge on any atom is 0.486 e. The first-order valence-corrected chi connectivity index (χ1v) is 4.07. The van der Waals surface area contributed by atoms with Crippen molar-refractivity contribution in [1.82, 2.24) is 10.3 Å². The van der Waals surface area contributed by atoms with Gasteiger partial charge in [-0.25, -0.2) is 0 Å². The Morgan fingerprint density at radius 3 is 2.87 bits per heavy atom. The van der Waals surface area contributed by atoms with E-state index in [1.54, 1.807) is 0 Å². The van der Waals surface area contributed by atoms with Crippen molar-refractivity contribution < 1.29 is 18.0 Å². The number of aromatic nitrogens is 1. The molecule has 0 atom stereocenters. The van der Waals surface area contributed by atoms with Gasteiger partial charge in [-0.15, -0.1) is 0 Å². The third-order valence-electron chi connectivity index (χ3n) is 2.04. The summed E-state index contributed by atoms with van der Waals surface area (Å²) in [5.74, 6) is -0.520. The first-order chi connectivity index (χ1) is 7.00. The Kier molecular flexibility index (Phi) is 2.02. The van der Waals surface area contributed by atoms with E-state index in [0.717, 1.165) is 6.20 Å². The number of hydrogen-bond acceptors (Lipinski definition) is 3. The summed E-state index contributed by atoms with van der Waals surface area (Å²) in [6, 6.07) is 1.25. The maximum atomic E-state index is 12.5. The Labute approximate surface area is 82.7 Å². The summed E-state index contributed by atoms with van der Waals surface area (Å²) in [5.41, 5.74) is -0.234. The molecule has 1 aliphatic rings. The minimum absolute atomic E-state index is 0.0198. The predicted molar refractivity (Wildman–Crippen MR) is 45.1 cm³/mol. The lowest BCUT2D eigenvalue weighted by atomic mass is 10.1. The fourth-order valence-corrected chi connectivity index (χ4v) is 1.35. The quantitative estimate of drug-likeness (QED) is 0.662. The van der Waals surface area contributed by atoms with Gasteiger partial charge in [0, 0.05) is 6.20 Å². The molecule has 7 heteroatoms. The summed E-state index contributed by atoms with van der Waals surface area (Å²) >= 11 is 0. The molecule has 0 aliphatic carbocycles. The van der Waals surface area contributed by atoms with E-state index in [4.69, 9.17) is 0 Å². The standard InChI is InChI=1S/C8H6F3N3O/c9-8(10,11)14-4-13-7(15)5-1-2-12-3-6(5)14/h1-3H,4H2,(H,13,15). The van der Waals surface area contributed by atoms with Gasteiger partial charge in [-0.2, -0.15) is 13.2 Å². The highest BCUT2D eigenvalue weighted by Gasteiger charge is 2.41. The van der Waals surface area contributed by atoms with Crippen LogP contribution in [0, 0.1) is 0 Å². The Hall–Kier alpha value is -1.79. The van der Waals surface area contributed by atoms with Crippen LogP contribution in [-0.2, 0) is 0 Å². The van der Waals surface area contributed by atoms with Gasteiger partial charge in [0.1, 0.15) is 0 Å². The van der Waals surface area contributed by atoms with Crippen molar-refractivity contribution in [2.45, 2.75) is 6.30 Å². The van der Waals surface area contributed by atoms with Gasteiger partial charge in [-0.3, -0.25) is 14.7 Å². The zero-order valence-electron chi connectivity index (χ0n) is 7.38. The topological polar surface area (TPSA) is 45.2 Å². The number of amides is 1. The van der Waals surface area contributed by atoms with Crippen LogP contribution in [0.5, 0.6) is 0 Å². The van der Waals surface area contributed by atoms with E-state index < -0.39 is 18.9 Å². The van der Waals surface area contributed by atoms with Crippen LogP contribution in [0.1, 0.15) is 10.4 Å². The summed E-state index contributed by atoms with van der Waals surface area (Å²) in [6.45, 7) is -0.582. The molecule has 1 aromatic rings. The number of rotatable bonds is 0. The molecule has 1 aromatic heterocycles. The maximum absolute atomic E-state index is 12.5. The van der Waals surface area contributed by atoms with Crippen LogP contribution in [-0.4, -0.2) is 23.9 Å². The van der Waals surface area contributed by atoms with E-state index >= 15 is 0 Å². The monoisotopic (exact) mass is 217 g/mol. The van der Waals surface area contributed by atoms with E-state index in [-0.39, 0.29) is 16.2 Å². The number of carbonyl (C=O) groups excluding carboxylic acids is 1. The third-order valence-corrected chi connectivity index (χ3v) is 2.04. The minimum atomic E-state index is -4.52. The molecule has 1 aliphatic heterocycles. The van der Waals surface area contributed by atoms with Crippen molar-refractivity contribution >= 4 is 11.6 Å². The lowest BCUT2D eigenvalue weighted by molar-refractivity contribution is -0.130. The van der Waals surface area contributed by atoms with Crippen LogP contribution < -0.4 is 10.2 Å². The highest BCUT2D eigenvalue weighted by atomic mass is 19.4. The zero-order valence-corrected chi connectivity index (χ0v) is 7.38. The number of nitrogens with zero attached hydrogens (tertiary/aromatic N) is 2. The molecular weight excluding hydrogens is 211 g/mol. The van der Waals surface area contributed by atoms with Gasteiger partial charge in [-0.1, -0.05) is 0 Å². The number of nitrogens with one attached hydrogen (secondary N) is 1. The Bertz CT molecular complexity index is 404. The van der Waals surface area contributed by atoms with E-state index in [9.17, 15) is 18.0 Å². The predicted octanol–water partition coefficient (Wildman–Crippen LogP) is 1.11. The minimum Gasteiger partial charge on any atom is -0.334 e. The van der Waals surface area contributed by atoms with Crippen LogP contribution in [0.4, 0.5) is 18.9 Å². The number of anilines is 1. The molecule has 0 spiro atoms. The fourth-order valence-electron chi connectivity index (χ4n) is 1.35. The van der Waals surface area contributed by atoms with E-state index in [1.165, 1.54) is 12.3 Å². The van der Waals surface area contributed by atoms with Gasteiger partial charge in [0.15, 0.2) is 0 Å². The molecule has 0 saturated carbocycles. The number of hydrogen-bond donors (Lipinski definition) is 1. The van der Waals surface area contributed by atoms with Crippen LogP contribution in [0.3, 0.4) is 0 Å². The molecule has 0 bridgehead atoms. The van der Waals surface area contributed by atoms with Gasteiger partial charge >= 0.3 is 6.30 Å². The SMILES string of the molecule is O=C1NCN(C(F)(F)F)c2cnccc21. The molecular formula is C8H6F3N3O. The van der Waals surface area contributed by atoms with Crippen molar-refractivity contribution in [3.05, 3.63) is 24.0 Å². The molecule has 4 nitrogen and oxygen atoms in total. The highest BCUT2D eigenvalue weighted by Crippen LogP contribution is 2.31. The van der Waals surface area contributed by atoms with Crippen molar-refractivity contribution in [2.75, 3.05) is 11.6 Å². The molecule has 2 rings (SSSR count).